The van der Waals surface area contributed by atoms with Crippen LogP contribution in [0.15, 0.2) is 22.7 Å². The average molecular weight is 306 g/mol. The third-order valence-corrected chi connectivity index (χ3v) is 2.98. The van der Waals surface area contributed by atoms with Crippen LogP contribution in [-0.4, -0.2) is 18.8 Å². The normalized spacial score (nSPS) is 10.2. The van der Waals surface area contributed by atoms with E-state index in [-0.39, 0.29) is 5.78 Å². The maximum absolute atomic E-state index is 11.6. The van der Waals surface area contributed by atoms with Gasteiger partial charge in [0.25, 0.3) is 0 Å². The summed E-state index contributed by atoms with van der Waals surface area (Å²) in [5.74, 6) is 1.47. The lowest BCUT2D eigenvalue weighted by atomic mass is 10.1. The van der Waals surface area contributed by atoms with Gasteiger partial charge in [0.1, 0.15) is 11.5 Å². The number of Topliss-reactive ketones (excluding diaryl/α,β-unsaturated/α-hetero) is 1. The molecule has 0 aromatic heterocycles. The number of carbonyl (C=O) groups excluding carboxylic acids is 1. The topological polar surface area (TPSA) is 26.3 Å². The first-order valence-electron chi connectivity index (χ1n) is 5.07. The molecular weight excluding hydrogens is 291 g/mol. The van der Waals surface area contributed by atoms with E-state index >= 15 is 0 Å². The third kappa shape index (κ3) is 4.14. The minimum Gasteiger partial charge on any atom is -0.496 e. The van der Waals surface area contributed by atoms with Crippen molar-refractivity contribution in [3.05, 3.63) is 28.2 Å². The molecule has 0 radical (unpaired) electrons. The lowest BCUT2D eigenvalue weighted by molar-refractivity contribution is -0.118. The van der Waals surface area contributed by atoms with Crippen LogP contribution in [0.5, 0.6) is 5.75 Å². The molecule has 0 spiro atoms. The fourth-order valence-corrected chi connectivity index (χ4v) is 1.99. The fourth-order valence-electron chi connectivity index (χ4n) is 1.45. The molecule has 0 saturated heterocycles. The van der Waals surface area contributed by atoms with Gasteiger partial charge in [-0.1, -0.05) is 15.9 Å². The number of ether oxygens (including phenoxy) is 1. The first-order chi connectivity index (χ1) is 7.67. The Morgan fingerprint density at radius 2 is 2.25 bits per heavy atom. The van der Waals surface area contributed by atoms with E-state index in [1.54, 1.807) is 7.11 Å². The molecule has 0 saturated carbocycles. The predicted molar refractivity (Wildman–Crippen MR) is 69.4 cm³/mol. The van der Waals surface area contributed by atoms with Crippen LogP contribution in [0.25, 0.3) is 0 Å². The van der Waals surface area contributed by atoms with E-state index in [0.717, 1.165) is 22.2 Å². The Morgan fingerprint density at radius 3 is 2.88 bits per heavy atom. The summed E-state index contributed by atoms with van der Waals surface area (Å²) in [6.45, 7) is 0. The van der Waals surface area contributed by atoms with Gasteiger partial charge in [-0.3, -0.25) is 4.79 Å². The zero-order valence-corrected chi connectivity index (χ0v) is 11.5. The van der Waals surface area contributed by atoms with Crippen molar-refractivity contribution in [3.8, 4) is 5.75 Å². The van der Waals surface area contributed by atoms with Crippen LogP contribution in [0.1, 0.15) is 18.4 Å². The quantitative estimate of drug-likeness (QED) is 0.751. The largest absolute Gasteiger partial charge is 0.496 e. The number of ketones is 1. The lowest BCUT2D eigenvalue weighted by Crippen LogP contribution is -2.04. The number of carbonyl (C=O) groups is 1. The van der Waals surface area contributed by atoms with E-state index in [4.69, 9.17) is 16.3 Å². The maximum Gasteiger partial charge on any atom is 0.137 e. The molecule has 1 aromatic carbocycles. The van der Waals surface area contributed by atoms with Gasteiger partial charge < -0.3 is 4.74 Å². The van der Waals surface area contributed by atoms with Crippen molar-refractivity contribution in [1.82, 2.24) is 0 Å². The summed E-state index contributed by atoms with van der Waals surface area (Å²) in [7, 11) is 1.61. The number of rotatable bonds is 6. The molecule has 0 amide bonds. The maximum atomic E-state index is 11.6. The molecule has 88 valence electrons. The van der Waals surface area contributed by atoms with E-state index in [1.807, 2.05) is 18.2 Å². The van der Waals surface area contributed by atoms with Gasteiger partial charge in [0.05, 0.1) is 7.11 Å². The number of alkyl halides is 1. The SMILES string of the molecule is COc1ccc(Br)cc1CC(=O)CCCCl. The second-order valence-electron chi connectivity index (χ2n) is 3.46. The molecule has 0 aliphatic heterocycles. The first-order valence-corrected chi connectivity index (χ1v) is 6.40. The van der Waals surface area contributed by atoms with Crippen molar-refractivity contribution in [1.29, 1.82) is 0 Å². The van der Waals surface area contributed by atoms with Crippen LogP contribution in [0.2, 0.25) is 0 Å². The Morgan fingerprint density at radius 1 is 1.50 bits per heavy atom. The summed E-state index contributed by atoms with van der Waals surface area (Å²) < 4.78 is 6.16. The summed E-state index contributed by atoms with van der Waals surface area (Å²) in [4.78, 5) is 11.6. The Bertz CT molecular complexity index is 366. The monoisotopic (exact) mass is 304 g/mol. The molecule has 2 nitrogen and oxygen atoms in total. The molecule has 16 heavy (non-hydrogen) atoms. The highest BCUT2D eigenvalue weighted by Crippen LogP contribution is 2.23. The van der Waals surface area contributed by atoms with Crippen LogP contribution < -0.4 is 4.74 Å². The van der Waals surface area contributed by atoms with Crippen molar-refractivity contribution in [2.45, 2.75) is 19.3 Å². The first kappa shape index (κ1) is 13.5. The highest BCUT2D eigenvalue weighted by Gasteiger charge is 2.09. The highest BCUT2D eigenvalue weighted by molar-refractivity contribution is 9.10. The van der Waals surface area contributed by atoms with Crippen LogP contribution in [0.4, 0.5) is 0 Å². The van der Waals surface area contributed by atoms with Crippen LogP contribution >= 0.6 is 27.5 Å². The summed E-state index contributed by atoms with van der Waals surface area (Å²) in [5, 5.41) is 0. The Balaban J connectivity index is 2.71. The molecule has 1 rings (SSSR count). The predicted octanol–water partition coefficient (Wildman–Crippen LogP) is 3.59. The molecule has 1 aromatic rings. The van der Waals surface area contributed by atoms with Gasteiger partial charge in [-0.15, -0.1) is 11.6 Å². The van der Waals surface area contributed by atoms with Crippen molar-refractivity contribution in [2.75, 3.05) is 13.0 Å². The lowest BCUT2D eigenvalue weighted by Gasteiger charge is -2.08. The van der Waals surface area contributed by atoms with E-state index < -0.39 is 0 Å². The number of benzene rings is 1. The third-order valence-electron chi connectivity index (χ3n) is 2.22. The molecule has 0 fully saturated rings. The molecule has 0 atom stereocenters. The molecule has 0 bridgehead atoms. The van der Waals surface area contributed by atoms with E-state index in [0.29, 0.717) is 18.7 Å². The van der Waals surface area contributed by atoms with E-state index in [2.05, 4.69) is 15.9 Å². The number of hydrogen-bond acceptors (Lipinski definition) is 2. The second-order valence-corrected chi connectivity index (χ2v) is 4.76. The molecule has 4 heteroatoms. The minimum absolute atomic E-state index is 0.192. The van der Waals surface area contributed by atoms with Crippen molar-refractivity contribution in [3.63, 3.8) is 0 Å². The molecular formula is C12H14BrClO2. The average Bonchev–Trinajstić information content (AvgIpc) is 2.27. The van der Waals surface area contributed by atoms with Crippen molar-refractivity contribution < 1.29 is 9.53 Å². The number of halogens is 2. The molecule has 0 aliphatic rings. The number of hydrogen-bond donors (Lipinski definition) is 0. The fraction of sp³-hybridized carbons (Fsp3) is 0.417. The Kier molecular flexibility index (Phi) is 5.85. The standard InChI is InChI=1S/C12H14BrClO2/c1-16-12-5-4-10(13)7-9(12)8-11(15)3-2-6-14/h4-5,7H,2-3,6,8H2,1H3. The number of methoxy groups -OCH3 is 1. The van der Waals surface area contributed by atoms with Gasteiger partial charge in [-0.05, 0) is 24.6 Å². The van der Waals surface area contributed by atoms with Gasteiger partial charge in [0.15, 0.2) is 0 Å². The second kappa shape index (κ2) is 6.92. The van der Waals surface area contributed by atoms with Crippen LogP contribution in [-0.2, 0) is 11.2 Å². The Hall–Kier alpha value is -0.540. The molecule has 0 heterocycles. The van der Waals surface area contributed by atoms with Gasteiger partial charge >= 0.3 is 0 Å². The zero-order chi connectivity index (χ0) is 12.0. The van der Waals surface area contributed by atoms with Gasteiger partial charge in [-0.25, -0.2) is 0 Å². The summed E-state index contributed by atoms with van der Waals surface area (Å²) in [6, 6.07) is 5.66. The van der Waals surface area contributed by atoms with Crippen LogP contribution in [0.3, 0.4) is 0 Å². The molecule has 0 aliphatic carbocycles. The van der Waals surface area contributed by atoms with Crippen LogP contribution in [0, 0.1) is 0 Å². The van der Waals surface area contributed by atoms with E-state index in [9.17, 15) is 4.79 Å². The zero-order valence-electron chi connectivity index (χ0n) is 9.13. The summed E-state index contributed by atoms with van der Waals surface area (Å²) in [6.07, 6.45) is 1.66. The Labute approximate surface area is 109 Å². The summed E-state index contributed by atoms with van der Waals surface area (Å²) >= 11 is 8.93. The van der Waals surface area contributed by atoms with Gasteiger partial charge in [0.2, 0.25) is 0 Å². The van der Waals surface area contributed by atoms with E-state index in [1.165, 1.54) is 0 Å². The van der Waals surface area contributed by atoms with Gasteiger partial charge in [-0.2, -0.15) is 0 Å². The minimum atomic E-state index is 0.192. The molecule has 0 unspecified atom stereocenters. The smallest absolute Gasteiger partial charge is 0.137 e. The highest BCUT2D eigenvalue weighted by atomic mass is 79.9. The van der Waals surface area contributed by atoms with Crippen molar-refractivity contribution in [2.24, 2.45) is 0 Å². The van der Waals surface area contributed by atoms with Crippen molar-refractivity contribution >= 4 is 33.3 Å². The van der Waals surface area contributed by atoms with Gasteiger partial charge in [0, 0.05) is 28.8 Å². The summed E-state index contributed by atoms with van der Waals surface area (Å²) in [5.41, 5.74) is 0.913. The molecule has 0 N–H and O–H groups in total.